The van der Waals surface area contributed by atoms with Crippen LogP contribution in [0.2, 0.25) is 5.02 Å². The molecule has 0 bridgehead atoms. The zero-order valence-electron chi connectivity index (χ0n) is 18.7. The Hall–Kier alpha value is -3.08. The van der Waals surface area contributed by atoms with Gasteiger partial charge >= 0.3 is 5.97 Å². The summed E-state index contributed by atoms with van der Waals surface area (Å²) in [6, 6.07) is 22.8. The van der Waals surface area contributed by atoms with E-state index < -0.39 is 5.97 Å². The number of methoxy groups -OCH3 is 1. The normalized spacial score (nSPS) is 22.5. The number of aromatic carboxylic acids is 1. The molecule has 33 heavy (non-hydrogen) atoms. The summed E-state index contributed by atoms with van der Waals surface area (Å²) in [7, 11) is 1.64. The molecule has 1 heterocycles. The molecule has 3 aromatic rings. The van der Waals surface area contributed by atoms with Crippen molar-refractivity contribution in [3.8, 4) is 5.75 Å². The van der Waals surface area contributed by atoms with Crippen LogP contribution >= 0.6 is 11.6 Å². The maximum atomic E-state index is 11.6. The molecule has 0 amide bonds. The van der Waals surface area contributed by atoms with Gasteiger partial charge in [-0.2, -0.15) is 0 Å². The molecule has 1 fully saturated rings. The fourth-order valence-electron chi connectivity index (χ4n) is 4.61. The Morgan fingerprint density at radius 3 is 2.27 bits per heavy atom. The summed E-state index contributed by atoms with van der Waals surface area (Å²) in [4.78, 5) is 11.6. The van der Waals surface area contributed by atoms with E-state index in [9.17, 15) is 9.90 Å². The number of ether oxygens (including phenoxy) is 2. The minimum absolute atomic E-state index is 0.0317. The van der Waals surface area contributed by atoms with E-state index in [0.29, 0.717) is 5.02 Å². The summed E-state index contributed by atoms with van der Waals surface area (Å²) in [6.07, 6.45) is 0.277. The van der Waals surface area contributed by atoms with Crippen molar-refractivity contribution in [2.45, 2.75) is 31.5 Å². The number of carbonyl (C=O) groups is 1. The first-order valence-corrected chi connectivity index (χ1v) is 11.3. The van der Waals surface area contributed by atoms with Gasteiger partial charge in [0.1, 0.15) is 5.75 Å². The molecule has 0 aromatic heterocycles. The lowest BCUT2D eigenvalue weighted by Gasteiger charge is -2.43. The first-order valence-electron chi connectivity index (χ1n) is 10.9. The minimum Gasteiger partial charge on any atom is -0.497 e. The summed E-state index contributed by atoms with van der Waals surface area (Å²) < 4.78 is 12.1. The largest absolute Gasteiger partial charge is 0.497 e. The maximum absolute atomic E-state index is 11.6. The van der Waals surface area contributed by atoms with Gasteiger partial charge in [-0.05, 0) is 66.4 Å². The lowest BCUT2D eigenvalue weighted by Crippen LogP contribution is -2.31. The number of hydrogen-bond donors (Lipinski definition) is 1. The molecule has 0 aliphatic carbocycles. The van der Waals surface area contributed by atoms with Crippen LogP contribution in [-0.2, 0) is 4.74 Å². The van der Waals surface area contributed by atoms with Crippen LogP contribution in [0.1, 0.15) is 58.5 Å². The molecular weight excluding hydrogens is 436 g/mol. The average Bonchev–Trinajstić information content (AvgIpc) is 2.84. The van der Waals surface area contributed by atoms with E-state index in [1.54, 1.807) is 25.3 Å². The average molecular weight is 463 g/mol. The second-order valence-corrected chi connectivity index (χ2v) is 8.96. The molecule has 170 valence electrons. The van der Waals surface area contributed by atoms with Crippen molar-refractivity contribution in [1.82, 2.24) is 0 Å². The summed E-state index contributed by atoms with van der Waals surface area (Å²) in [5, 5.41) is 10.2. The fourth-order valence-corrected chi connectivity index (χ4v) is 4.74. The van der Waals surface area contributed by atoms with Crippen LogP contribution in [0.3, 0.4) is 0 Å². The molecule has 0 radical (unpaired) electrons. The monoisotopic (exact) mass is 462 g/mol. The Morgan fingerprint density at radius 1 is 1.00 bits per heavy atom. The lowest BCUT2D eigenvalue weighted by molar-refractivity contribution is -0.0918. The predicted molar refractivity (Wildman–Crippen MR) is 130 cm³/mol. The molecule has 1 aliphatic rings. The Labute approximate surface area is 199 Å². The van der Waals surface area contributed by atoms with Crippen LogP contribution in [0.25, 0.3) is 0 Å². The second-order valence-electron chi connectivity index (χ2n) is 8.53. The van der Waals surface area contributed by atoms with Gasteiger partial charge in [-0.25, -0.2) is 4.79 Å². The van der Waals surface area contributed by atoms with Gasteiger partial charge in [0.2, 0.25) is 0 Å². The topological polar surface area (TPSA) is 55.8 Å². The van der Waals surface area contributed by atoms with Crippen LogP contribution < -0.4 is 4.74 Å². The summed E-state index contributed by atoms with van der Waals surface area (Å²) in [5.74, 6) is -0.0612. The SMILES string of the molecule is C=C(C)[C@@H]1C[C@@H](c2ccc(Cl)cc2)[C@@H](c2ccc(OC)cc2)O[C@H]1c1cccc(C(=O)O)c1. The lowest BCUT2D eigenvalue weighted by atomic mass is 9.74. The van der Waals surface area contributed by atoms with Gasteiger partial charge in [0.15, 0.2) is 0 Å². The molecule has 1 aliphatic heterocycles. The highest BCUT2D eigenvalue weighted by molar-refractivity contribution is 6.30. The van der Waals surface area contributed by atoms with Gasteiger partial charge in [-0.15, -0.1) is 0 Å². The smallest absolute Gasteiger partial charge is 0.335 e. The van der Waals surface area contributed by atoms with Gasteiger partial charge in [0, 0.05) is 16.9 Å². The molecule has 1 saturated heterocycles. The van der Waals surface area contributed by atoms with Gasteiger partial charge < -0.3 is 14.6 Å². The van der Waals surface area contributed by atoms with E-state index in [1.165, 1.54) is 0 Å². The third-order valence-electron chi connectivity index (χ3n) is 6.37. The highest BCUT2D eigenvalue weighted by Crippen LogP contribution is 2.52. The maximum Gasteiger partial charge on any atom is 0.335 e. The van der Waals surface area contributed by atoms with Crippen molar-refractivity contribution in [3.63, 3.8) is 0 Å². The van der Waals surface area contributed by atoms with E-state index in [-0.39, 0.29) is 29.6 Å². The van der Waals surface area contributed by atoms with Crippen LogP contribution in [0.4, 0.5) is 0 Å². The standard InChI is InChI=1S/C28H27ClO4/c1-17(2)24-16-25(18-7-11-22(29)12-8-18)26(19-9-13-23(32-3)14-10-19)33-27(24)20-5-4-6-21(15-20)28(30)31/h4-15,24-27H,1,16H2,2-3H3,(H,30,31)/t24-,25-,26+,27-/m0/s1. The van der Waals surface area contributed by atoms with E-state index in [1.807, 2.05) is 61.5 Å². The van der Waals surface area contributed by atoms with Gasteiger partial charge in [0.05, 0.1) is 24.9 Å². The molecule has 5 heteroatoms. The van der Waals surface area contributed by atoms with Crippen molar-refractivity contribution >= 4 is 17.6 Å². The van der Waals surface area contributed by atoms with Crippen LogP contribution in [-0.4, -0.2) is 18.2 Å². The number of halogens is 1. The zero-order valence-corrected chi connectivity index (χ0v) is 19.5. The zero-order chi connectivity index (χ0) is 23.5. The molecule has 4 rings (SSSR count). The number of hydrogen-bond acceptors (Lipinski definition) is 3. The van der Waals surface area contributed by atoms with E-state index in [2.05, 4.69) is 6.58 Å². The Kier molecular flexibility index (Phi) is 6.87. The van der Waals surface area contributed by atoms with Crippen molar-refractivity contribution in [3.05, 3.63) is 112 Å². The molecule has 0 unspecified atom stereocenters. The number of benzene rings is 3. The molecular formula is C28H27ClO4. The van der Waals surface area contributed by atoms with Gasteiger partial charge in [-0.1, -0.05) is 60.2 Å². The molecule has 3 aromatic carbocycles. The second kappa shape index (κ2) is 9.82. The summed E-state index contributed by atoms with van der Waals surface area (Å²) in [6.45, 7) is 6.25. The first-order chi connectivity index (χ1) is 15.9. The van der Waals surface area contributed by atoms with E-state index in [4.69, 9.17) is 21.1 Å². The summed E-state index contributed by atoms with van der Waals surface area (Å²) in [5.41, 5.74) is 4.28. The molecule has 4 atom stereocenters. The van der Waals surface area contributed by atoms with Gasteiger partial charge in [-0.3, -0.25) is 0 Å². The van der Waals surface area contributed by atoms with Crippen molar-refractivity contribution < 1.29 is 19.4 Å². The Morgan fingerprint density at radius 2 is 1.67 bits per heavy atom. The highest BCUT2D eigenvalue weighted by Gasteiger charge is 2.40. The number of carboxylic acids is 1. The Balaban J connectivity index is 1.78. The van der Waals surface area contributed by atoms with Crippen molar-refractivity contribution in [2.75, 3.05) is 7.11 Å². The van der Waals surface area contributed by atoms with Crippen molar-refractivity contribution in [1.29, 1.82) is 0 Å². The minimum atomic E-state index is -0.953. The quantitative estimate of drug-likeness (QED) is 0.393. The Bertz CT molecular complexity index is 1140. The van der Waals surface area contributed by atoms with Crippen molar-refractivity contribution in [2.24, 2.45) is 5.92 Å². The molecule has 4 nitrogen and oxygen atoms in total. The highest BCUT2D eigenvalue weighted by atomic mass is 35.5. The third-order valence-corrected chi connectivity index (χ3v) is 6.62. The fraction of sp³-hybridized carbons (Fsp3) is 0.250. The molecule has 1 N–H and O–H groups in total. The third kappa shape index (κ3) is 4.97. The summed E-state index contributed by atoms with van der Waals surface area (Å²) >= 11 is 6.15. The van der Waals surface area contributed by atoms with Crippen LogP contribution in [0, 0.1) is 5.92 Å². The molecule has 0 spiro atoms. The van der Waals surface area contributed by atoms with E-state index >= 15 is 0 Å². The predicted octanol–water partition coefficient (Wildman–Crippen LogP) is 7.23. The number of carboxylic acid groups (broad SMARTS) is 1. The van der Waals surface area contributed by atoms with Crippen LogP contribution in [0.15, 0.2) is 84.9 Å². The van der Waals surface area contributed by atoms with Gasteiger partial charge in [0.25, 0.3) is 0 Å². The molecule has 0 saturated carbocycles. The first kappa shape index (κ1) is 23.1. The van der Waals surface area contributed by atoms with E-state index in [0.717, 1.165) is 34.4 Å². The number of rotatable bonds is 6. The van der Waals surface area contributed by atoms with Crippen LogP contribution in [0.5, 0.6) is 5.75 Å².